The predicted molar refractivity (Wildman–Crippen MR) is 143 cm³/mol. The van der Waals surface area contributed by atoms with E-state index in [2.05, 4.69) is 46.5 Å². The topological polar surface area (TPSA) is 143 Å². The lowest BCUT2D eigenvalue weighted by Crippen LogP contribution is -2.57. The van der Waals surface area contributed by atoms with Gasteiger partial charge in [0.05, 0.1) is 6.42 Å². The maximum absolute atomic E-state index is 13.0. The molecule has 0 aliphatic carbocycles. The molecule has 0 spiro atoms. The number of amides is 4. The summed E-state index contributed by atoms with van der Waals surface area (Å²) >= 11 is 8.31. The third-order valence-electron chi connectivity index (χ3n) is 5.38. The summed E-state index contributed by atoms with van der Waals surface area (Å²) in [5.74, 6) is -3.32. The molecule has 4 atom stereocenters. The number of thiol groups is 2. The highest BCUT2D eigenvalue weighted by Gasteiger charge is 2.33. The minimum Gasteiger partial charge on any atom is -0.456 e. The van der Waals surface area contributed by atoms with Gasteiger partial charge in [0, 0.05) is 5.75 Å². The number of rotatable bonds is 6. The molecule has 36 heavy (non-hydrogen) atoms. The Morgan fingerprint density at radius 3 is 2.11 bits per heavy atom. The van der Waals surface area contributed by atoms with Crippen molar-refractivity contribution in [3.63, 3.8) is 0 Å². The van der Waals surface area contributed by atoms with Crippen molar-refractivity contribution >= 4 is 54.9 Å². The van der Waals surface area contributed by atoms with Gasteiger partial charge in [0.1, 0.15) is 29.9 Å². The Kier molecular flexibility index (Phi) is 13.7. The van der Waals surface area contributed by atoms with Crippen LogP contribution in [0.1, 0.15) is 47.5 Å². The second-order valence-electron chi connectivity index (χ2n) is 9.04. The number of hydrogen-bond acceptors (Lipinski definition) is 8. The van der Waals surface area contributed by atoms with Crippen molar-refractivity contribution in [3.8, 4) is 0 Å². The van der Waals surface area contributed by atoms with Crippen LogP contribution in [0.25, 0.3) is 0 Å². The fourth-order valence-corrected chi connectivity index (χ4v) is 3.70. The summed E-state index contributed by atoms with van der Waals surface area (Å²) in [6, 6.07) is -3.06. The van der Waals surface area contributed by atoms with Gasteiger partial charge in [-0.25, -0.2) is 4.79 Å². The average molecular weight is 543 g/mol. The van der Waals surface area contributed by atoms with Crippen LogP contribution in [-0.2, 0) is 28.7 Å². The summed E-state index contributed by atoms with van der Waals surface area (Å²) in [6.07, 6.45) is 4.16. The molecule has 10 nitrogen and oxygen atoms in total. The van der Waals surface area contributed by atoms with E-state index in [9.17, 15) is 24.0 Å². The van der Waals surface area contributed by atoms with Crippen molar-refractivity contribution in [2.75, 3.05) is 11.5 Å². The number of ether oxygens (including phenoxy) is 1. The van der Waals surface area contributed by atoms with Gasteiger partial charge in [0.15, 0.2) is 0 Å². The van der Waals surface area contributed by atoms with E-state index in [0.717, 1.165) is 0 Å². The van der Waals surface area contributed by atoms with E-state index >= 15 is 0 Å². The lowest BCUT2D eigenvalue weighted by Gasteiger charge is -2.27. The van der Waals surface area contributed by atoms with Crippen molar-refractivity contribution in [1.29, 1.82) is 0 Å². The van der Waals surface area contributed by atoms with Gasteiger partial charge in [-0.05, 0) is 37.0 Å². The summed E-state index contributed by atoms with van der Waals surface area (Å²) in [5, 5.41) is 10.3. The first kappa shape index (κ1) is 31.6. The molecule has 0 aromatic carbocycles. The number of carbonyl (C=O) groups excluding carboxylic acids is 5. The van der Waals surface area contributed by atoms with Crippen LogP contribution in [0.5, 0.6) is 0 Å². The van der Waals surface area contributed by atoms with Crippen LogP contribution < -0.4 is 21.3 Å². The quantitative estimate of drug-likeness (QED) is 0.127. The molecule has 4 amide bonds. The monoisotopic (exact) mass is 542 g/mol. The van der Waals surface area contributed by atoms with Gasteiger partial charge in [-0.1, -0.05) is 39.8 Å². The number of hydrogen-bond donors (Lipinski definition) is 6. The van der Waals surface area contributed by atoms with Crippen LogP contribution in [0, 0.1) is 11.8 Å². The first-order valence-electron chi connectivity index (χ1n) is 11.9. The normalized spacial score (nSPS) is 26.6. The molecule has 0 bridgehead atoms. The predicted octanol–water partition coefficient (Wildman–Crippen LogP) is 0.894. The van der Waals surface area contributed by atoms with Crippen LogP contribution in [0.3, 0.4) is 0 Å². The Labute approximate surface area is 223 Å². The van der Waals surface area contributed by atoms with Gasteiger partial charge in [-0.2, -0.15) is 25.3 Å². The van der Waals surface area contributed by atoms with Gasteiger partial charge in [-0.15, -0.1) is 0 Å². The van der Waals surface area contributed by atoms with Crippen LogP contribution in [0.2, 0.25) is 0 Å². The largest absolute Gasteiger partial charge is 0.456 e. The molecular weight excluding hydrogens is 504 g/mol. The van der Waals surface area contributed by atoms with Gasteiger partial charge >= 0.3 is 5.97 Å². The lowest BCUT2D eigenvalue weighted by atomic mass is 10.0. The van der Waals surface area contributed by atoms with Crippen molar-refractivity contribution in [1.82, 2.24) is 21.3 Å². The van der Waals surface area contributed by atoms with Crippen molar-refractivity contribution in [2.24, 2.45) is 11.8 Å². The Balaban J connectivity index is 3.43. The third kappa shape index (κ3) is 9.88. The fourth-order valence-electron chi connectivity index (χ4n) is 3.30. The summed E-state index contributed by atoms with van der Waals surface area (Å²) in [7, 11) is 0. The molecule has 4 N–H and O–H groups in total. The summed E-state index contributed by atoms with van der Waals surface area (Å²) < 4.78 is 5.59. The molecule has 1 saturated heterocycles. The zero-order valence-corrected chi connectivity index (χ0v) is 23.2. The molecule has 0 saturated carbocycles. The highest BCUT2D eigenvalue weighted by molar-refractivity contribution is 7.80. The van der Waals surface area contributed by atoms with Crippen molar-refractivity contribution in [2.45, 2.75) is 71.7 Å². The summed E-state index contributed by atoms with van der Waals surface area (Å²) in [6.45, 7) is 8.51. The molecule has 0 radical (unpaired) electrons. The van der Waals surface area contributed by atoms with Crippen LogP contribution in [0.4, 0.5) is 0 Å². The molecule has 1 fully saturated rings. The molecule has 1 heterocycles. The van der Waals surface area contributed by atoms with Gasteiger partial charge in [0.25, 0.3) is 5.91 Å². The van der Waals surface area contributed by atoms with E-state index < -0.39 is 53.8 Å². The first-order chi connectivity index (χ1) is 16.9. The smallest absolute Gasteiger partial charge is 0.329 e. The summed E-state index contributed by atoms with van der Waals surface area (Å²) in [4.78, 5) is 64.5. The van der Waals surface area contributed by atoms with Crippen LogP contribution >= 0.6 is 25.3 Å². The zero-order valence-electron chi connectivity index (χ0n) is 21.4. The Bertz CT molecular complexity index is 875. The number of carbonyl (C=O) groups is 5. The molecule has 12 heteroatoms. The molecule has 1 aliphatic heterocycles. The van der Waals surface area contributed by atoms with Crippen LogP contribution in [0.15, 0.2) is 23.9 Å². The Morgan fingerprint density at radius 1 is 0.944 bits per heavy atom. The van der Waals surface area contributed by atoms with E-state index in [0.29, 0.717) is 12.2 Å². The molecule has 0 unspecified atom stereocenters. The highest BCUT2D eigenvalue weighted by atomic mass is 32.1. The zero-order chi connectivity index (χ0) is 27.4. The van der Waals surface area contributed by atoms with E-state index in [1.165, 1.54) is 6.08 Å². The number of cyclic esters (lactones) is 1. The second-order valence-corrected chi connectivity index (χ2v) is 9.85. The minimum absolute atomic E-state index is 0.0477. The maximum atomic E-state index is 13.0. The maximum Gasteiger partial charge on any atom is 0.329 e. The average Bonchev–Trinajstić information content (AvgIpc) is 2.81. The summed E-state index contributed by atoms with van der Waals surface area (Å²) in [5.41, 5.74) is -0.0921. The fraction of sp³-hybridized carbons (Fsp3) is 0.625. The highest BCUT2D eigenvalue weighted by Crippen LogP contribution is 2.12. The Morgan fingerprint density at radius 2 is 1.58 bits per heavy atom. The number of nitrogens with one attached hydrogen (secondary N) is 4. The van der Waals surface area contributed by atoms with Crippen LogP contribution in [-0.4, -0.2) is 65.3 Å². The third-order valence-corrected chi connectivity index (χ3v) is 6.00. The number of allylic oxidation sites excluding steroid dienone is 2. The molecule has 1 rings (SSSR count). The van der Waals surface area contributed by atoms with Crippen molar-refractivity contribution < 1.29 is 28.7 Å². The molecule has 1 aliphatic rings. The first-order valence-corrected chi connectivity index (χ1v) is 13.2. The van der Waals surface area contributed by atoms with E-state index in [4.69, 9.17) is 4.74 Å². The van der Waals surface area contributed by atoms with Gasteiger partial charge in [0.2, 0.25) is 17.7 Å². The SMILES string of the molecule is C/C=C1/NC(=O)[C@H](CS)NC(=O)[C@@H](C(C)C)NC(=O)C[C@H](/C=C/CCS)OC(=O)[C@H](C(C)C)NC1=O. The Hall–Kier alpha value is -2.47. The minimum atomic E-state index is -1.07. The molecule has 0 aromatic rings. The lowest BCUT2D eigenvalue weighted by molar-refractivity contribution is -0.153. The molecule has 202 valence electrons. The van der Waals surface area contributed by atoms with Gasteiger partial charge in [-0.3, -0.25) is 19.2 Å². The van der Waals surface area contributed by atoms with Crippen molar-refractivity contribution in [3.05, 3.63) is 23.9 Å². The second kappa shape index (κ2) is 15.6. The molecular formula is C24H38N4O6S2. The van der Waals surface area contributed by atoms with Gasteiger partial charge < -0.3 is 26.0 Å². The standard InChI is InChI=1S/C24H38N4O6S2/c1-6-16-21(30)28-20(14(4)5)24(33)34-15(9-7-8-10-35)11-18(29)27-19(13(2)3)23(32)26-17(12-36)22(31)25-16/h6-7,9,13-15,17,19-20,35-36H,8,10-12H2,1-5H3,(H,25,31)(H,26,32)(H,27,29)(H,28,30)/b9-7+,16-6+/t15-,17-,19+,20-/m0/s1. The molecule has 0 aromatic heterocycles. The number of esters is 1. The van der Waals surface area contributed by atoms with E-state index in [1.54, 1.807) is 46.8 Å². The van der Waals surface area contributed by atoms with E-state index in [1.807, 2.05) is 0 Å². The van der Waals surface area contributed by atoms with E-state index in [-0.39, 0.29) is 29.7 Å².